The molecule has 0 bridgehead atoms. The fourth-order valence-corrected chi connectivity index (χ4v) is 4.43. The third kappa shape index (κ3) is 6.48. The molecule has 0 saturated carbocycles. The lowest BCUT2D eigenvalue weighted by atomic mass is 9.91. The molecule has 1 aromatic heterocycles. The Bertz CT molecular complexity index is 1140. The van der Waals surface area contributed by atoms with E-state index in [1.807, 2.05) is 49.4 Å². The van der Waals surface area contributed by atoms with Crippen LogP contribution in [0.2, 0.25) is 0 Å². The zero-order valence-corrected chi connectivity index (χ0v) is 20.2. The van der Waals surface area contributed by atoms with E-state index in [1.165, 1.54) is 6.92 Å². The number of ether oxygens (including phenoxy) is 2. The highest BCUT2D eigenvalue weighted by Gasteiger charge is 2.30. The molecule has 0 spiro atoms. The van der Waals surface area contributed by atoms with Crippen molar-refractivity contribution in [2.75, 3.05) is 25.1 Å². The Hall–Kier alpha value is -3.65. The smallest absolute Gasteiger partial charge is 0.247 e. The van der Waals surface area contributed by atoms with Gasteiger partial charge in [-0.3, -0.25) is 9.59 Å². The number of hydrogen-bond donors (Lipinski definition) is 3. The van der Waals surface area contributed by atoms with Crippen LogP contribution in [0.1, 0.15) is 30.9 Å². The minimum absolute atomic E-state index is 0.0646. The number of aromatic amines is 1. The van der Waals surface area contributed by atoms with Crippen LogP contribution in [0.4, 0.5) is 5.69 Å². The number of hydrogen-bond acceptors (Lipinski definition) is 5. The summed E-state index contributed by atoms with van der Waals surface area (Å²) < 4.78 is 11.5. The first-order valence-corrected chi connectivity index (χ1v) is 12.0. The fraction of sp³-hybridized carbons (Fsp3) is 0.370. The Morgan fingerprint density at radius 2 is 2.00 bits per heavy atom. The predicted molar refractivity (Wildman–Crippen MR) is 134 cm³/mol. The Morgan fingerprint density at radius 1 is 1.20 bits per heavy atom. The molecule has 1 fully saturated rings. The van der Waals surface area contributed by atoms with E-state index >= 15 is 0 Å². The monoisotopic (exact) mass is 476 g/mol. The molecular formula is C27H32N4O4. The van der Waals surface area contributed by atoms with Gasteiger partial charge >= 0.3 is 0 Å². The molecule has 1 unspecified atom stereocenters. The van der Waals surface area contributed by atoms with E-state index in [2.05, 4.69) is 20.6 Å². The molecule has 3 aromatic rings. The van der Waals surface area contributed by atoms with Crippen LogP contribution in [0.3, 0.4) is 0 Å². The number of imidazole rings is 1. The largest absolute Gasteiger partial charge is 0.493 e. The molecule has 4 rings (SSSR count). The molecule has 2 heterocycles. The van der Waals surface area contributed by atoms with Crippen LogP contribution in [0.25, 0.3) is 11.3 Å². The molecule has 1 aliphatic heterocycles. The third-order valence-corrected chi connectivity index (χ3v) is 6.29. The van der Waals surface area contributed by atoms with Gasteiger partial charge < -0.3 is 25.1 Å². The average Bonchev–Trinajstić information content (AvgIpc) is 3.39. The molecular weight excluding hydrogens is 444 g/mol. The summed E-state index contributed by atoms with van der Waals surface area (Å²) in [6.45, 7) is 5.19. The molecule has 35 heavy (non-hydrogen) atoms. The standard InChI is InChI=1S/C27H32N4O4/c1-18-15-22(31-27(33)26(30-19(2)32)21-9-12-34-13-10-21)8-7-20(18)11-14-35-25-6-4-3-5-23(25)24-16-28-17-29-24/h3-8,15-17,21,26H,9-14H2,1-2H3,(H,28,29)(H,30,32)(H,31,33). The van der Waals surface area contributed by atoms with Crippen LogP contribution in [-0.2, 0) is 20.7 Å². The van der Waals surface area contributed by atoms with Crippen molar-refractivity contribution in [1.29, 1.82) is 0 Å². The van der Waals surface area contributed by atoms with Crippen molar-refractivity contribution >= 4 is 17.5 Å². The number of aryl methyl sites for hydroxylation is 1. The molecule has 0 radical (unpaired) electrons. The summed E-state index contributed by atoms with van der Waals surface area (Å²) in [5, 5.41) is 5.81. The minimum atomic E-state index is -0.570. The maximum absolute atomic E-state index is 13.0. The second kappa shape index (κ2) is 11.7. The van der Waals surface area contributed by atoms with Crippen molar-refractivity contribution < 1.29 is 19.1 Å². The number of rotatable bonds is 9. The molecule has 3 N–H and O–H groups in total. The van der Waals surface area contributed by atoms with Gasteiger partial charge in [0.25, 0.3) is 0 Å². The first-order valence-electron chi connectivity index (χ1n) is 12.0. The summed E-state index contributed by atoms with van der Waals surface area (Å²) in [7, 11) is 0. The van der Waals surface area contributed by atoms with Crippen LogP contribution >= 0.6 is 0 Å². The topological polar surface area (TPSA) is 105 Å². The second-order valence-corrected chi connectivity index (χ2v) is 8.82. The summed E-state index contributed by atoms with van der Waals surface area (Å²) in [5.41, 5.74) is 4.80. The van der Waals surface area contributed by atoms with Crippen molar-refractivity contribution in [2.45, 2.75) is 39.2 Å². The number of carbonyl (C=O) groups is 2. The SMILES string of the molecule is CC(=O)NC(C(=O)Nc1ccc(CCOc2ccccc2-c2cnc[nH]2)c(C)c1)C1CCOCC1. The van der Waals surface area contributed by atoms with E-state index in [4.69, 9.17) is 9.47 Å². The van der Waals surface area contributed by atoms with Crippen LogP contribution in [0, 0.1) is 12.8 Å². The molecule has 8 heteroatoms. The third-order valence-electron chi connectivity index (χ3n) is 6.29. The Morgan fingerprint density at radius 3 is 2.71 bits per heavy atom. The number of para-hydroxylation sites is 1. The molecule has 8 nitrogen and oxygen atoms in total. The molecule has 1 atom stereocenters. The predicted octanol–water partition coefficient (Wildman–Crippen LogP) is 3.88. The number of H-pyrrole nitrogens is 1. The lowest BCUT2D eigenvalue weighted by Crippen LogP contribution is -2.49. The average molecular weight is 477 g/mol. The van der Waals surface area contributed by atoms with E-state index in [-0.39, 0.29) is 17.7 Å². The number of nitrogens with one attached hydrogen (secondary N) is 3. The normalized spacial score (nSPS) is 14.8. The van der Waals surface area contributed by atoms with Gasteiger partial charge in [-0.1, -0.05) is 18.2 Å². The van der Waals surface area contributed by atoms with Crippen molar-refractivity contribution in [2.24, 2.45) is 5.92 Å². The summed E-state index contributed by atoms with van der Waals surface area (Å²) in [6.07, 6.45) is 5.66. The van der Waals surface area contributed by atoms with Gasteiger partial charge in [0.15, 0.2) is 0 Å². The van der Waals surface area contributed by atoms with E-state index in [0.29, 0.717) is 25.5 Å². The summed E-state index contributed by atoms with van der Waals surface area (Å²) in [5.74, 6) is 0.459. The zero-order chi connectivity index (χ0) is 24.6. The molecule has 184 valence electrons. The highest BCUT2D eigenvalue weighted by molar-refractivity contribution is 5.97. The summed E-state index contributed by atoms with van der Waals surface area (Å²) >= 11 is 0. The second-order valence-electron chi connectivity index (χ2n) is 8.82. The number of amides is 2. The first kappa shape index (κ1) is 24.5. The van der Waals surface area contributed by atoms with E-state index in [0.717, 1.165) is 47.4 Å². The minimum Gasteiger partial charge on any atom is -0.493 e. The Labute approximate surface area is 205 Å². The van der Waals surface area contributed by atoms with E-state index in [9.17, 15) is 9.59 Å². The van der Waals surface area contributed by atoms with Crippen LogP contribution in [0.5, 0.6) is 5.75 Å². The summed E-state index contributed by atoms with van der Waals surface area (Å²) in [6, 6.07) is 13.2. The van der Waals surface area contributed by atoms with Gasteiger partial charge in [-0.2, -0.15) is 0 Å². The quantitative estimate of drug-likeness (QED) is 0.435. The van der Waals surface area contributed by atoms with Crippen LogP contribution in [0.15, 0.2) is 55.0 Å². The lowest BCUT2D eigenvalue weighted by Gasteiger charge is -2.29. The number of nitrogens with zero attached hydrogens (tertiary/aromatic N) is 1. The number of anilines is 1. The van der Waals surface area contributed by atoms with Gasteiger partial charge in [0.05, 0.1) is 24.8 Å². The van der Waals surface area contributed by atoms with Gasteiger partial charge in [-0.25, -0.2) is 4.98 Å². The Balaban J connectivity index is 1.36. The van der Waals surface area contributed by atoms with Gasteiger partial charge in [0.2, 0.25) is 11.8 Å². The first-order chi connectivity index (χ1) is 17.0. The lowest BCUT2D eigenvalue weighted by molar-refractivity contribution is -0.127. The van der Waals surface area contributed by atoms with Crippen molar-refractivity contribution in [3.05, 3.63) is 66.1 Å². The van der Waals surface area contributed by atoms with Crippen molar-refractivity contribution in [3.63, 3.8) is 0 Å². The van der Waals surface area contributed by atoms with Gasteiger partial charge in [0, 0.05) is 37.8 Å². The number of aromatic nitrogens is 2. The van der Waals surface area contributed by atoms with Crippen LogP contribution < -0.4 is 15.4 Å². The van der Waals surface area contributed by atoms with Crippen molar-refractivity contribution in [1.82, 2.24) is 15.3 Å². The molecule has 2 aromatic carbocycles. The molecule has 2 amide bonds. The van der Waals surface area contributed by atoms with E-state index < -0.39 is 6.04 Å². The molecule has 1 aliphatic rings. The van der Waals surface area contributed by atoms with Crippen molar-refractivity contribution in [3.8, 4) is 17.0 Å². The summed E-state index contributed by atoms with van der Waals surface area (Å²) in [4.78, 5) is 31.9. The van der Waals surface area contributed by atoms with Gasteiger partial charge in [-0.05, 0) is 61.1 Å². The molecule has 0 aliphatic carbocycles. The number of benzene rings is 2. The van der Waals surface area contributed by atoms with E-state index in [1.54, 1.807) is 12.5 Å². The Kier molecular flexibility index (Phi) is 8.15. The van der Waals surface area contributed by atoms with Crippen LogP contribution in [-0.4, -0.2) is 47.6 Å². The highest BCUT2D eigenvalue weighted by Crippen LogP contribution is 2.28. The zero-order valence-electron chi connectivity index (χ0n) is 20.2. The number of carbonyl (C=O) groups excluding carboxylic acids is 2. The maximum atomic E-state index is 13.0. The molecule has 1 saturated heterocycles. The van der Waals surface area contributed by atoms with Gasteiger partial charge in [0.1, 0.15) is 11.8 Å². The fourth-order valence-electron chi connectivity index (χ4n) is 4.43. The highest BCUT2D eigenvalue weighted by atomic mass is 16.5. The maximum Gasteiger partial charge on any atom is 0.247 e. The van der Waals surface area contributed by atoms with Gasteiger partial charge in [-0.15, -0.1) is 0 Å².